The van der Waals surface area contributed by atoms with Crippen LogP contribution in [0, 0.1) is 0 Å². The average Bonchev–Trinajstić information content (AvgIpc) is 2.96. The molecule has 0 spiro atoms. The molecule has 0 bridgehead atoms. The normalized spacial score (nSPS) is 10.8. The third-order valence-electron chi connectivity index (χ3n) is 6.42. The summed E-state index contributed by atoms with van der Waals surface area (Å²) in [4.78, 5) is 24.1. The molecule has 0 aromatic heterocycles. The van der Waals surface area contributed by atoms with Crippen LogP contribution < -0.4 is 9.47 Å². The Bertz CT molecular complexity index is 1400. The second-order valence-electron chi connectivity index (χ2n) is 9.91. The van der Waals surface area contributed by atoms with Gasteiger partial charge in [0.2, 0.25) is 0 Å². The van der Waals surface area contributed by atoms with E-state index in [0.717, 1.165) is 29.4 Å². The summed E-state index contributed by atoms with van der Waals surface area (Å²) in [5.74, 6) is -0.406. The molecule has 41 heavy (non-hydrogen) atoms. The molecule has 1 N–H and O–H groups in total. The van der Waals surface area contributed by atoms with Crippen LogP contribution >= 0.6 is 0 Å². The summed E-state index contributed by atoms with van der Waals surface area (Å²) in [7, 11) is 0. The minimum absolute atomic E-state index is 0.149. The molecule has 0 aliphatic carbocycles. The molecule has 0 amide bonds. The minimum Gasteiger partial charge on any atom is -0.461 e. The van der Waals surface area contributed by atoms with Crippen LogP contribution in [0.4, 0.5) is 0 Å². The Kier molecular flexibility index (Phi) is 11.7. The number of unbranched alkanes of at least 4 members (excludes halogenated alkanes) is 2. The van der Waals surface area contributed by atoms with E-state index in [2.05, 4.69) is 44.3 Å². The number of rotatable bonds is 14. The number of esters is 2. The van der Waals surface area contributed by atoms with Gasteiger partial charge in [0.25, 0.3) is 0 Å². The van der Waals surface area contributed by atoms with Gasteiger partial charge in [-0.1, -0.05) is 81.5 Å². The van der Waals surface area contributed by atoms with Crippen molar-refractivity contribution in [2.75, 3.05) is 6.61 Å². The molecular formula is C35H38O6. The molecule has 0 saturated carbocycles. The van der Waals surface area contributed by atoms with E-state index in [1.54, 1.807) is 26.0 Å². The van der Waals surface area contributed by atoms with E-state index < -0.39 is 11.9 Å². The highest BCUT2D eigenvalue weighted by Crippen LogP contribution is 2.38. The highest BCUT2D eigenvalue weighted by Gasteiger charge is 2.17. The molecule has 6 nitrogen and oxygen atoms in total. The fourth-order valence-corrected chi connectivity index (χ4v) is 4.10. The van der Waals surface area contributed by atoms with Crippen molar-refractivity contribution in [2.45, 2.75) is 52.9 Å². The van der Waals surface area contributed by atoms with Gasteiger partial charge in [0.1, 0.15) is 24.0 Å². The van der Waals surface area contributed by atoms with Gasteiger partial charge in [-0.15, -0.1) is 0 Å². The number of hydrogen-bond acceptors (Lipinski definition) is 6. The Morgan fingerprint density at radius 3 is 1.98 bits per heavy atom. The van der Waals surface area contributed by atoms with E-state index in [1.807, 2.05) is 24.3 Å². The molecule has 3 aromatic carbocycles. The zero-order valence-electron chi connectivity index (χ0n) is 24.1. The summed E-state index contributed by atoms with van der Waals surface area (Å²) in [5, 5.41) is 9.63. The SMILES string of the molecule is C=C(C)C(=O)O/C=C/Oc1cc(-c2ccc(-c3ccc(CCCCC)cc3)cc2)c(OC(=O)C(=C)C)cc1CCO. The van der Waals surface area contributed by atoms with E-state index in [-0.39, 0.29) is 24.2 Å². The van der Waals surface area contributed by atoms with Crippen molar-refractivity contribution in [3.63, 3.8) is 0 Å². The monoisotopic (exact) mass is 554 g/mol. The quantitative estimate of drug-likeness (QED) is 0.0722. The maximum atomic E-state index is 12.5. The molecule has 0 radical (unpaired) electrons. The fraction of sp³-hybridized carbons (Fsp3) is 0.257. The lowest BCUT2D eigenvalue weighted by Gasteiger charge is -2.16. The van der Waals surface area contributed by atoms with Gasteiger partial charge in [0.05, 0.1) is 0 Å². The van der Waals surface area contributed by atoms with Crippen molar-refractivity contribution in [3.05, 3.63) is 109 Å². The van der Waals surface area contributed by atoms with Crippen LogP contribution in [0.5, 0.6) is 11.5 Å². The minimum atomic E-state index is -0.575. The van der Waals surface area contributed by atoms with Gasteiger partial charge in [-0.3, -0.25) is 0 Å². The topological polar surface area (TPSA) is 82.1 Å². The Morgan fingerprint density at radius 2 is 1.39 bits per heavy atom. The summed E-state index contributed by atoms with van der Waals surface area (Å²) in [5.41, 5.74) is 6.04. The van der Waals surface area contributed by atoms with Crippen LogP contribution in [0.1, 0.15) is 51.2 Å². The largest absolute Gasteiger partial charge is 0.461 e. The number of ether oxygens (including phenoxy) is 3. The van der Waals surface area contributed by atoms with Gasteiger partial charge in [-0.05, 0) is 67.5 Å². The van der Waals surface area contributed by atoms with Crippen molar-refractivity contribution in [1.82, 2.24) is 0 Å². The van der Waals surface area contributed by atoms with E-state index >= 15 is 0 Å². The van der Waals surface area contributed by atoms with Crippen molar-refractivity contribution in [3.8, 4) is 33.8 Å². The lowest BCUT2D eigenvalue weighted by atomic mass is 9.97. The number of hydrogen-bond donors (Lipinski definition) is 1. The summed E-state index contributed by atoms with van der Waals surface area (Å²) in [6.07, 6.45) is 7.33. The lowest BCUT2D eigenvalue weighted by molar-refractivity contribution is -0.133. The summed E-state index contributed by atoms with van der Waals surface area (Å²) < 4.78 is 16.4. The zero-order chi connectivity index (χ0) is 29.8. The molecule has 3 aromatic rings. The van der Waals surface area contributed by atoms with Gasteiger partial charge in [-0.25, -0.2) is 9.59 Å². The van der Waals surface area contributed by atoms with Gasteiger partial charge in [-0.2, -0.15) is 0 Å². The second-order valence-corrected chi connectivity index (χ2v) is 9.91. The van der Waals surface area contributed by atoms with Crippen molar-refractivity contribution in [2.24, 2.45) is 0 Å². The molecule has 0 atom stereocenters. The number of aliphatic hydroxyl groups is 1. The first-order chi connectivity index (χ1) is 19.7. The molecule has 0 unspecified atom stereocenters. The van der Waals surface area contributed by atoms with Gasteiger partial charge < -0.3 is 19.3 Å². The number of carbonyl (C=O) groups excluding carboxylic acids is 2. The first-order valence-electron chi connectivity index (χ1n) is 13.8. The Hall–Kier alpha value is -4.42. The molecule has 0 fully saturated rings. The van der Waals surface area contributed by atoms with Crippen LogP contribution in [0.25, 0.3) is 22.3 Å². The number of benzene rings is 3. The van der Waals surface area contributed by atoms with E-state index in [4.69, 9.17) is 14.2 Å². The van der Waals surface area contributed by atoms with Crippen molar-refractivity contribution >= 4 is 11.9 Å². The first kappa shape index (κ1) is 31.1. The smallest absolute Gasteiger partial charge is 0.338 e. The number of aliphatic hydroxyl groups excluding tert-OH is 1. The number of carbonyl (C=O) groups is 2. The predicted octanol–water partition coefficient (Wildman–Crippen LogP) is 7.74. The third-order valence-corrected chi connectivity index (χ3v) is 6.42. The van der Waals surface area contributed by atoms with Gasteiger partial charge >= 0.3 is 11.9 Å². The predicted molar refractivity (Wildman–Crippen MR) is 162 cm³/mol. The van der Waals surface area contributed by atoms with Crippen LogP contribution in [-0.4, -0.2) is 23.7 Å². The molecule has 214 valence electrons. The lowest BCUT2D eigenvalue weighted by Crippen LogP contribution is -2.10. The Balaban J connectivity index is 1.94. The Morgan fingerprint density at radius 1 is 0.780 bits per heavy atom. The summed E-state index contributed by atoms with van der Waals surface area (Å²) in [6, 6.07) is 20.0. The average molecular weight is 555 g/mol. The summed E-state index contributed by atoms with van der Waals surface area (Å²) >= 11 is 0. The van der Waals surface area contributed by atoms with Crippen LogP contribution in [0.15, 0.2) is 97.5 Å². The highest BCUT2D eigenvalue weighted by molar-refractivity contribution is 5.90. The molecule has 3 rings (SSSR count). The Labute approximate surface area is 242 Å². The molecule has 0 heterocycles. The molecule has 0 aliphatic heterocycles. The van der Waals surface area contributed by atoms with Crippen LogP contribution in [-0.2, 0) is 27.2 Å². The fourth-order valence-electron chi connectivity index (χ4n) is 4.10. The standard InChI is InChI=1S/C35H38O6/c1-6-7-8-9-26-10-12-27(13-11-26)28-14-16-29(17-15-28)31-23-32(39-20-21-40-34(37)24(2)3)30(18-19-36)22-33(31)41-35(38)25(4)5/h10-17,20-23,36H,2,4,6-9,18-19H2,1,3,5H3/b21-20+. The van der Waals surface area contributed by atoms with Crippen LogP contribution in [0.2, 0.25) is 0 Å². The molecule has 0 saturated heterocycles. The maximum absolute atomic E-state index is 12.5. The first-order valence-corrected chi connectivity index (χ1v) is 13.8. The molecular weight excluding hydrogens is 516 g/mol. The number of aryl methyl sites for hydroxylation is 1. The zero-order valence-corrected chi connectivity index (χ0v) is 24.1. The van der Waals surface area contributed by atoms with E-state index in [1.165, 1.54) is 31.1 Å². The van der Waals surface area contributed by atoms with Gasteiger partial charge in [0.15, 0.2) is 0 Å². The second kappa shape index (κ2) is 15.4. The molecule has 6 heteroatoms. The van der Waals surface area contributed by atoms with Crippen molar-refractivity contribution < 1.29 is 28.9 Å². The maximum Gasteiger partial charge on any atom is 0.338 e. The van der Waals surface area contributed by atoms with Crippen LogP contribution in [0.3, 0.4) is 0 Å². The van der Waals surface area contributed by atoms with E-state index in [9.17, 15) is 14.7 Å². The summed E-state index contributed by atoms with van der Waals surface area (Å²) in [6.45, 7) is 12.4. The van der Waals surface area contributed by atoms with Crippen molar-refractivity contribution in [1.29, 1.82) is 0 Å². The highest BCUT2D eigenvalue weighted by atomic mass is 16.5. The van der Waals surface area contributed by atoms with Gasteiger partial charge in [0, 0.05) is 28.9 Å². The third kappa shape index (κ3) is 9.05. The van der Waals surface area contributed by atoms with E-state index in [0.29, 0.717) is 22.6 Å². The molecule has 0 aliphatic rings.